The first-order valence-electron chi connectivity index (χ1n) is 16.2. The molecule has 242 valence electrons. The van der Waals surface area contributed by atoms with Gasteiger partial charge in [0.2, 0.25) is 11.9 Å². The van der Waals surface area contributed by atoms with Crippen molar-refractivity contribution in [3.05, 3.63) is 5.82 Å². The van der Waals surface area contributed by atoms with Crippen molar-refractivity contribution < 1.29 is 0 Å². The molecule has 0 unspecified atom stereocenters. The van der Waals surface area contributed by atoms with E-state index < -0.39 is 0 Å². The summed E-state index contributed by atoms with van der Waals surface area (Å²) in [6.07, 6.45) is 5.37. The Kier molecular flexibility index (Phi) is 9.53. The van der Waals surface area contributed by atoms with Crippen LogP contribution in [0, 0.1) is 12.3 Å². The summed E-state index contributed by atoms with van der Waals surface area (Å²) >= 11 is 0. The summed E-state index contributed by atoms with van der Waals surface area (Å²) in [6, 6.07) is 0.769. The number of rotatable bonds is 8. The van der Waals surface area contributed by atoms with Gasteiger partial charge in [-0.2, -0.15) is 15.0 Å². The molecule has 1 aromatic heterocycles. The van der Waals surface area contributed by atoms with E-state index in [1.54, 1.807) is 0 Å². The molecular weight excluding hydrogens is 520 g/mol. The monoisotopic (exact) mass is 587 g/mol. The number of aryl methyl sites for hydroxylation is 1. The Morgan fingerprint density at radius 3 is 1.60 bits per heavy atom. The second-order valence-corrected chi connectivity index (χ2v) is 18.1. The van der Waals surface area contributed by atoms with Gasteiger partial charge in [0.1, 0.15) is 5.82 Å². The second kappa shape index (κ2) is 11.4. The van der Waals surface area contributed by atoms with E-state index in [0.717, 1.165) is 50.5 Å². The lowest BCUT2D eigenvalue weighted by atomic mass is 9.76. The molecule has 0 aromatic carbocycles. The summed E-state index contributed by atoms with van der Waals surface area (Å²) in [4.78, 5) is 25.1. The number of likely N-dealkylation sites (tertiary alicyclic amines) is 2. The zero-order valence-corrected chi connectivity index (χ0v) is 30.5. The summed E-state index contributed by atoms with van der Waals surface area (Å²) in [7, 11) is 6.87. The lowest BCUT2D eigenvalue weighted by molar-refractivity contribution is -0.0449. The molecule has 0 amide bonds. The van der Waals surface area contributed by atoms with Crippen molar-refractivity contribution in [2.75, 3.05) is 38.0 Å². The van der Waals surface area contributed by atoms with Gasteiger partial charge < -0.3 is 10.2 Å². The van der Waals surface area contributed by atoms with E-state index in [1.165, 1.54) is 0 Å². The van der Waals surface area contributed by atoms with E-state index in [2.05, 4.69) is 136 Å². The maximum atomic E-state index is 5.15. The average molecular weight is 587 g/mol. The van der Waals surface area contributed by atoms with Gasteiger partial charge >= 0.3 is 0 Å². The molecule has 1 N–H and O–H groups in total. The molecule has 8 nitrogen and oxygen atoms in total. The van der Waals surface area contributed by atoms with E-state index in [1.807, 2.05) is 6.92 Å². The molecule has 2 fully saturated rings. The number of anilines is 2. The average Bonchev–Trinajstić information content (AvgIpc) is 2.75. The summed E-state index contributed by atoms with van der Waals surface area (Å²) in [6.45, 7) is 33.2. The topological polar surface area (TPSA) is 63.7 Å². The minimum atomic E-state index is -0.145. The molecule has 0 bridgehead atoms. The van der Waals surface area contributed by atoms with Crippen LogP contribution in [0.3, 0.4) is 0 Å². The highest BCUT2D eigenvalue weighted by atomic mass is 15.4. The zero-order valence-electron chi connectivity index (χ0n) is 30.5. The molecule has 2 aliphatic heterocycles. The van der Waals surface area contributed by atoms with Crippen molar-refractivity contribution in [2.45, 2.75) is 169 Å². The molecule has 42 heavy (non-hydrogen) atoms. The van der Waals surface area contributed by atoms with Crippen LogP contribution >= 0.6 is 0 Å². The smallest absolute Gasteiger partial charge is 0.231 e. The van der Waals surface area contributed by atoms with Gasteiger partial charge in [-0.15, -0.1) is 0 Å². The number of nitrogens with one attached hydrogen (secondary N) is 1. The normalized spacial score (nSPS) is 23.8. The van der Waals surface area contributed by atoms with Gasteiger partial charge in [-0.25, -0.2) is 0 Å². The number of piperidine rings is 2. The third-order valence-electron chi connectivity index (χ3n) is 10.4. The summed E-state index contributed by atoms with van der Waals surface area (Å²) in [5.41, 5.74) is 0.410. The van der Waals surface area contributed by atoms with Crippen LogP contribution in [0.1, 0.15) is 128 Å². The van der Waals surface area contributed by atoms with Crippen LogP contribution in [0.4, 0.5) is 11.9 Å². The summed E-state index contributed by atoms with van der Waals surface area (Å²) in [5, 5.41) is 3.68. The Balaban J connectivity index is 2.02. The van der Waals surface area contributed by atoms with Gasteiger partial charge in [0, 0.05) is 39.8 Å². The van der Waals surface area contributed by atoms with E-state index in [-0.39, 0.29) is 33.1 Å². The van der Waals surface area contributed by atoms with Crippen LogP contribution < -0.4 is 10.2 Å². The Bertz CT molecular complexity index is 1050. The molecule has 1 aromatic rings. The molecule has 3 heterocycles. The largest absolute Gasteiger partial charge is 0.349 e. The minimum absolute atomic E-state index is 0.0542. The first-order valence-corrected chi connectivity index (χ1v) is 16.2. The quantitative estimate of drug-likeness (QED) is 0.334. The highest BCUT2D eigenvalue weighted by molar-refractivity contribution is 5.40. The number of nitrogens with zero attached hydrogens (tertiary/aromatic N) is 7. The van der Waals surface area contributed by atoms with Gasteiger partial charge in [-0.1, -0.05) is 20.8 Å². The highest BCUT2D eigenvalue weighted by Gasteiger charge is 2.47. The van der Waals surface area contributed by atoms with Crippen molar-refractivity contribution in [3.8, 4) is 0 Å². The molecule has 0 spiro atoms. The molecule has 0 radical (unpaired) electrons. The van der Waals surface area contributed by atoms with Crippen molar-refractivity contribution >= 4 is 11.9 Å². The molecule has 3 rings (SSSR count). The van der Waals surface area contributed by atoms with Gasteiger partial charge in [-0.3, -0.25) is 14.7 Å². The zero-order chi connectivity index (χ0) is 32.3. The Morgan fingerprint density at radius 1 is 0.738 bits per heavy atom. The predicted molar refractivity (Wildman–Crippen MR) is 179 cm³/mol. The third-order valence-corrected chi connectivity index (χ3v) is 10.4. The Labute approximate surface area is 259 Å². The number of hydrogen-bond acceptors (Lipinski definition) is 8. The molecular formula is C34H66N8. The fourth-order valence-electron chi connectivity index (χ4n) is 8.19. The summed E-state index contributed by atoms with van der Waals surface area (Å²) < 4.78 is 0. The van der Waals surface area contributed by atoms with Crippen molar-refractivity contribution in [2.24, 2.45) is 5.41 Å². The SMILES string of the molecule is Cc1nc(NC(C)(C)CC(C)(C)C)nc(N(CN(C)C2CC(C)(C)N(C)C(C)(C)C2)C2CC(C)(C)N(C)C(C)(C)C2)n1. The van der Waals surface area contributed by atoms with Crippen LogP contribution in [-0.2, 0) is 0 Å². The maximum absolute atomic E-state index is 5.15. The van der Waals surface area contributed by atoms with E-state index in [9.17, 15) is 0 Å². The number of hydrogen-bond donors (Lipinski definition) is 1. The minimum Gasteiger partial charge on any atom is -0.349 e. The predicted octanol–water partition coefficient (Wildman–Crippen LogP) is 6.81. The number of aromatic nitrogens is 3. The van der Waals surface area contributed by atoms with E-state index in [0.29, 0.717) is 18.0 Å². The van der Waals surface area contributed by atoms with Crippen LogP contribution in [0.5, 0.6) is 0 Å². The van der Waals surface area contributed by atoms with Gasteiger partial charge in [0.05, 0.1) is 6.67 Å². The Morgan fingerprint density at radius 2 is 1.17 bits per heavy atom. The van der Waals surface area contributed by atoms with E-state index >= 15 is 0 Å². The van der Waals surface area contributed by atoms with Crippen molar-refractivity contribution in [1.29, 1.82) is 0 Å². The second-order valence-electron chi connectivity index (χ2n) is 18.1. The lowest BCUT2D eigenvalue weighted by Gasteiger charge is -2.57. The Hall–Kier alpha value is -1.51. The van der Waals surface area contributed by atoms with Crippen molar-refractivity contribution in [1.82, 2.24) is 29.7 Å². The highest BCUT2D eigenvalue weighted by Crippen LogP contribution is 2.42. The standard InChI is InChI=1S/C34H66N8/c1-24-35-27(38-30(5,6)22-29(2,3)4)37-28(36-24)42(26-20-33(11,12)41(17)34(13,14)21-26)23-39(15)25-18-31(7,8)40(16)32(9,10)19-25/h25-26H,18-23H2,1-17H3,(H,35,36,37,38). The molecule has 8 heteroatoms. The molecule has 2 saturated heterocycles. The maximum Gasteiger partial charge on any atom is 0.231 e. The van der Waals surface area contributed by atoms with Crippen LogP contribution in [0.25, 0.3) is 0 Å². The van der Waals surface area contributed by atoms with Crippen LogP contribution in [0.15, 0.2) is 0 Å². The van der Waals surface area contributed by atoms with Gasteiger partial charge in [-0.05, 0) is 135 Å². The van der Waals surface area contributed by atoms with Gasteiger partial charge in [0.15, 0.2) is 0 Å². The first-order chi connectivity index (χ1) is 18.7. The fraction of sp³-hybridized carbons (Fsp3) is 0.912. The van der Waals surface area contributed by atoms with Gasteiger partial charge in [0.25, 0.3) is 0 Å². The first kappa shape index (κ1) is 35.0. The summed E-state index contributed by atoms with van der Waals surface area (Å²) in [5.74, 6) is 2.22. The molecule has 2 aliphatic rings. The van der Waals surface area contributed by atoms with Crippen LogP contribution in [0.2, 0.25) is 0 Å². The molecule has 0 aliphatic carbocycles. The van der Waals surface area contributed by atoms with Crippen LogP contribution in [-0.4, -0.2) is 97.2 Å². The molecule has 0 atom stereocenters. The third kappa shape index (κ3) is 8.15. The lowest BCUT2D eigenvalue weighted by Crippen LogP contribution is -2.65. The fourth-order valence-corrected chi connectivity index (χ4v) is 8.19. The molecule has 0 saturated carbocycles. The van der Waals surface area contributed by atoms with E-state index in [4.69, 9.17) is 15.0 Å². The van der Waals surface area contributed by atoms with Crippen molar-refractivity contribution in [3.63, 3.8) is 0 Å².